The zero-order valence-electron chi connectivity index (χ0n) is 24.1. The van der Waals surface area contributed by atoms with Crippen molar-refractivity contribution in [2.24, 2.45) is 0 Å². The molecule has 41 heavy (non-hydrogen) atoms. The molecule has 0 spiro atoms. The van der Waals surface area contributed by atoms with Gasteiger partial charge in [0, 0.05) is 44.9 Å². The largest absolute Gasteiger partial charge is 0.496 e. The van der Waals surface area contributed by atoms with E-state index in [1.54, 1.807) is 70.3 Å². The number of carbonyl (C=O) groups excluding carboxylic acids is 2. The van der Waals surface area contributed by atoms with Crippen LogP contribution in [0.15, 0.2) is 54.6 Å². The van der Waals surface area contributed by atoms with Gasteiger partial charge in [-0.1, -0.05) is 30.3 Å². The van der Waals surface area contributed by atoms with Gasteiger partial charge in [-0.05, 0) is 51.6 Å². The fourth-order valence-electron chi connectivity index (χ4n) is 3.92. The first kappa shape index (κ1) is 31.5. The molecule has 0 saturated heterocycles. The van der Waals surface area contributed by atoms with E-state index < -0.39 is 29.5 Å². The van der Waals surface area contributed by atoms with Crippen LogP contribution in [0.2, 0.25) is 0 Å². The quantitative estimate of drug-likeness (QED) is 0.361. The van der Waals surface area contributed by atoms with E-state index in [0.717, 1.165) is 16.3 Å². The number of halogens is 3. The summed E-state index contributed by atoms with van der Waals surface area (Å²) in [5.74, 6) is -0.169. The fraction of sp³-hybridized carbons (Fsp3) is 0.414. The predicted molar refractivity (Wildman–Crippen MR) is 148 cm³/mol. The molecule has 3 aromatic rings. The topological polar surface area (TPSA) is 88.9 Å². The van der Waals surface area contributed by atoms with Crippen molar-refractivity contribution in [3.63, 3.8) is 0 Å². The number of likely N-dealkylation sites (N-methyl/N-ethyl adjacent to an activating group) is 2. The van der Waals surface area contributed by atoms with Gasteiger partial charge in [0.05, 0.1) is 12.8 Å². The molecule has 0 radical (unpaired) electrons. The molecule has 0 fully saturated rings. The van der Waals surface area contributed by atoms with Crippen LogP contribution in [0.1, 0.15) is 48.1 Å². The smallest absolute Gasteiger partial charge is 0.435 e. The Bertz CT molecular complexity index is 1350. The van der Waals surface area contributed by atoms with Crippen molar-refractivity contribution in [2.45, 2.75) is 45.6 Å². The van der Waals surface area contributed by atoms with Crippen molar-refractivity contribution < 1.29 is 32.2 Å². The third-order valence-electron chi connectivity index (χ3n) is 5.99. The van der Waals surface area contributed by atoms with Crippen LogP contribution in [0.25, 0.3) is 5.69 Å². The maximum absolute atomic E-state index is 13.6. The number of aromatic nitrogens is 2. The highest BCUT2D eigenvalue weighted by Gasteiger charge is 2.36. The summed E-state index contributed by atoms with van der Waals surface area (Å²) in [7, 11) is 5.01. The van der Waals surface area contributed by atoms with Gasteiger partial charge in [-0.3, -0.25) is 4.79 Å². The molecule has 1 heterocycles. The van der Waals surface area contributed by atoms with Gasteiger partial charge in [-0.15, -0.1) is 0 Å². The van der Waals surface area contributed by atoms with Crippen LogP contribution in [-0.4, -0.2) is 71.5 Å². The zero-order chi connectivity index (χ0) is 30.4. The van der Waals surface area contributed by atoms with Crippen LogP contribution in [0, 0.1) is 0 Å². The number of nitrogens with zero attached hydrogens (tertiary/aromatic N) is 4. The number of ether oxygens (including phenoxy) is 2. The molecule has 0 aliphatic heterocycles. The van der Waals surface area contributed by atoms with Crippen LogP contribution in [0.3, 0.4) is 0 Å². The van der Waals surface area contributed by atoms with Crippen LogP contribution >= 0.6 is 0 Å². The van der Waals surface area contributed by atoms with Gasteiger partial charge in [-0.25, -0.2) is 9.48 Å². The summed E-state index contributed by atoms with van der Waals surface area (Å²) >= 11 is 0. The van der Waals surface area contributed by atoms with Crippen molar-refractivity contribution in [2.75, 3.05) is 34.3 Å². The summed E-state index contributed by atoms with van der Waals surface area (Å²) in [5, 5.41) is 6.39. The average Bonchev–Trinajstić information content (AvgIpc) is 3.36. The van der Waals surface area contributed by atoms with Crippen LogP contribution < -0.4 is 10.1 Å². The third kappa shape index (κ3) is 8.97. The fourth-order valence-corrected chi connectivity index (χ4v) is 3.92. The van der Waals surface area contributed by atoms with Gasteiger partial charge in [0.15, 0.2) is 5.69 Å². The minimum absolute atomic E-state index is 0.0535. The number of amides is 2. The minimum Gasteiger partial charge on any atom is -0.496 e. The van der Waals surface area contributed by atoms with E-state index in [-0.39, 0.29) is 12.2 Å². The summed E-state index contributed by atoms with van der Waals surface area (Å²) in [6, 6.07) is 14.6. The second-order valence-corrected chi connectivity index (χ2v) is 10.6. The van der Waals surface area contributed by atoms with Crippen LogP contribution in [0.5, 0.6) is 5.75 Å². The lowest BCUT2D eigenvalue weighted by Crippen LogP contribution is -2.38. The lowest BCUT2D eigenvalue weighted by atomic mass is 10.2. The van der Waals surface area contributed by atoms with Crippen molar-refractivity contribution in [1.29, 1.82) is 0 Å². The van der Waals surface area contributed by atoms with E-state index >= 15 is 0 Å². The van der Waals surface area contributed by atoms with E-state index in [9.17, 15) is 22.8 Å². The maximum Gasteiger partial charge on any atom is 0.435 e. The van der Waals surface area contributed by atoms with Gasteiger partial charge in [0.2, 0.25) is 0 Å². The van der Waals surface area contributed by atoms with Gasteiger partial charge in [0.25, 0.3) is 5.91 Å². The van der Waals surface area contributed by atoms with Gasteiger partial charge < -0.3 is 24.6 Å². The highest BCUT2D eigenvalue weighted by atomic mass is 19.4. The number of hydrogen-bond acceptors (Lipinski definition) is 6. The molecule has 2 aromatic carbocycles. The lowest BCUT2D eigenvalue weighted by Gasteiger charge is -2.26. The number of para-hydroxylation sites is 1. The Hall–Kier alpha value is -4.06. The predicted octanol–water partition coefficient (Wildman–Crippen LogP) is 5.13. The highest BCUT2D eigenvalue weighted by Crippen LogP contribution is 2.30. The van der Waals surface area contributed by atoms with Gasteiger partial charge >= 0.3 is 12.3 Å². The summed E-state index contributed by atoms with van der Waals surface area (Å²) in [6.07, 6.45) is -5.16. The Morgan fingerprint density at radius 1 is 1.00 bits per heavy atom. The first-order chi connectivity index (χ1) is 19.2. The summed E-state index contributed by atoms with van der Waals surface area (Å²) in [5.41, 5.74) is -0.258. The third-order valence-corrected chi connectivity index (χ3v) is 5.99. The number of methoxy groups -OCH3 is 1. The molecule has 3 rings (SSSR count). The van der Waals surface area contributed by atoms with Crippen LogP contribution in [0.4, 0.5) is 18.0 Å². The number of benzene rings is 2. The number of carbonyl (C=O) groups is 2. The number of rotatable bonds is 10. The Labute approximate surface area is 237 Å². The summed E-state index contributed by atoms with van der Waals surface area (Å²) < 4.78 is 52.4. The van der Waals surface area contributed by atoms with Crippen molar-refractivity contribution in [3.8, 4) is 11.4 Å². The SMILES string of the molecule is COc1ccccc1CNC(=O)c1cc(C(F)(F)F)nn1-c1cccc(CN(C)CCN(C)C(=O)OC(C)(C)C)c1. The second kappa shape index (κ2) is 13.1. The Morgan fingerprint density at radius 2 is 1.71 bits per heavy atom. The van der Waals surface area contributed by atoms with Gasteiger partial charge in [0.1, 0.15) is 17.0 Å². The molecule has 2 amide bonds. The summed E-state index contributed by atoms with van der Waals surface area (Å²) in [4.78, 5) is 28.7. The number of hydrogen-bond donors (Lipinski definition) is 1. The Morgan fingerprint density at radius 3 is 2.37 bits per heavy atom. The maximum atomic E-state index is 13.6. The second-order valence-electron chi connectivity index (χ2n) is 10.6. The first-order valence-corrected chi connectivity index (χ1v) is 13.0. The molecular formula is C29H36F3N5O4. The average molecular weight is 576 g/mol. The normalized spacial score (nSPS) is 11.9. The van der Waals surface area contributed by atoms with E-state index in [2.05, 4.69) is 10.4 Å². The molecule has 0 aliphatic carbocycles. The van der Waals surface area contributed by atoms with E-state index in [1.807, 2.05) is 18.0 Å². The molecule has 0 saturated carbocycles. The molecule has 0 unspecified atom stereocenters. The standard InChI is InChI=1S/C29H36F3N5O4/c1-28(2,3)41-27(39)36(5)15-14-35(4)19-20-10-9-12-22(16-20)37-23(17-25(34-37)29(30,31)32)26(38)33-18-21-11-7-8-13-24(21)40-6/h7-13,16-17H,14-15,18-19H2,1-6H3,(H,33,38). The van der Waals surface area contributed by atoms with E-state index in [0.29, 0.717) is 36.6 Å². The molecule has 1 aromatic heterocycles. The molecule has 0 bridgehead atoms. The molecule has 0 atom stereocenters. The minimum atomic E-state index is -4.74. The lowest BCUT2D eigenvalue weighted by molar-refractivity contribution is -0.141. The summed E-state index contributed by atoms with van der Waals surface area (Å²) in [6.45, 7) is 6.82. The van der Waals surface area contributed by atoms with Gasteiger partial charge in [-0.2, -0.15) is 18.3 Å². The molecule has 9 nitrogen and oxygen atoms in total. The van der Waals surface area contributed by atoms with Crippen molar-refractivity contribution in [3.05, 3.63) is 77.1 Å². The number of nitrogens with one attached hydrogen (secondary N) is 1. The monoisotopic (exact) mass is 575 g/mol. The zero-order valence-corrected chi connectivity index (χ0v) is 24.1. The van der Waals surface area contributed by atoms with E-state index in [4.69, 9.17) is 9.47 Å². The Kier molecular flexibility index (Phi) is 10.0. The van der Waals surface area contributed by atoms with E-state index in [1.165, 1.54) is 12.0 Å². The molecular weight excluding hydrogens is 539 g/mol. The molecule has 12 heteroatoms. The van der Waals surface area contributed by atoms with Crippen molar-refractivity contribution in [1.82, 2.24) is 24.9 Å². The number of alkyl halides is 3. The molecule has 222 valence electrons. The van der Waals surface area contributed by atoms with Crippen LogP contribution in [-0.2, 0) is 24.0 Å². The highest BCUT2D eigenvalue weighted by molar-refractivity contribution is 5.93. The molecule has 1 N–H and O–H groups in total. The Balaban J connectivity index is 1.76. The van der Waals surface area contributed by atoms with Crippen molar-refractivity contribution >= 4 is 12.0 Å². The first-order valence-electron chi connectivity index (χ1n) is 13.0. The molecule has 0 aliphatic rings.